The molecule has 0 fully saturated rings. The fourth-order valence-electron chi connectivity index (χ4n) is 1.79. The van der Waals surface area contributed by atoms with Gasteiger partial charge < -0.3 is 5.73 Å². The Morgan fingerprint density at radius 1 is 1.50 bits per heavy atom. The molecule has 2 aliphatic rings. The predicted octanol–water partition coefficient (Wildman–Crippen LogP) is 0.705. The molecule has 0 aromatic heterocycles. The molecule has 3 heteroatoms. The highest BCUT2D eigenvalue weighted by molar-refractivity contribution is 5.70. The van der Waals surface area contributed by atoms with Gasteiger partial charge in [0.1, 0.15) is 0 Å². The fraction of sp³-hybridized carbons (Fsp3) is 0.444. The van der Waals surface area contributed by atoms with Crippen molar-refractivity contribution in [3.63, 3.8) is 0 Å². The molecule has 3 nitrogen and oxygen atoms in total. The van der Waals surface area contributed by atoms with Crippen molar-refractivity contribution in [1.82, 2.24) is 5.01 Å². The van der Waals surface area contributed by atoms with Gasteiger partial charge in [-0.2, -0.15) is 5.10 Å². The van der Waals surface area contributed by atoms with E-state index in [0.29, 0.717) is 5.92 Å². The first-order chi connectivity index (χ1) is 5.70. The summed E-state index contributed by atoms with van der Waals surface area (Å²) in [5, 5.41) is 6.15. The van der Waals surface area contributed by atoms with Crippen LogP contribution in [0.4, 0.5) is 0 Å². The molecule has 1 aliphatic carbocycles. The standard InChI is InChI=1S/C9H13N3/c1-6-3-4-8(10)9-7(6)5-11-12(9)2/h3-5,7,9H,10H2,1-2H3. The Balaban J connectivity index is 2.37. The van der Waals surface area contributed by atoms with E-state index in [4.69, 9.17) is 5.73 Å². The summed E-state index contributed by atoms with van der Waals surface area (Å²) < 4.78 is 0. The van der Waals surface area contributed by atoms with Gasteiger partial charge in [-0.1, -0.05) is 11.6 Å². The number of nitrogens with two attached hydrogens (primary N) is 1. The van der Waals surface area contributed by atoms with E-state index in [1.807, 2.05) is 24.3 Å². The first-order valence-corrected chi connectivity index (χ1v) is 4.11. The Labute approximate surface area is 72.2 Å². The second-order valence-electron chi connectivity index (χ2n) is 3.39. The van der Waals surface area contributed by atoms with E-state index < -0.39 is 0 Å². The average molecular weight is 163 g/mol. The molecular weight excluding hydrogens is 150 g/mol. The molecule has 0 bridgehead atoms. The molecule has 0 aromatic rings. The second kappa shape index (κ2) is 2.37. The highest BCUT2D eigenvalue weighted by Crippen LogP contribution is 2.29. The van der Waals surface area contributed by atoms with Crippen molar-refractivity contribution in [3.8, 4) is 0 Å². The Hall–Kier alpha value is -1.25. The third-order valence-electron chi connectivity index (χ3n) is 2.56. The van der Waals surface area contributed by atoms with E-state index in [1.54, 1.807) is 0 Å². The van der Waals surface area contributed by atoms with Crippen LogP contribution in [0.15, 0.2) is 28.5 Å². The van der Waals surface area contributed by atoms with E-state index in [1.165, 1.54) is 5.57 Å². The summed E-state index contributed by atoms with van der Waals surface area (Å²) in [5.41, 5.74) is 8.11. The molecule has 2 atom stereocenters. The summed E-state index contributed by atoms with van der Waals surface area (Å²) in [6.45, 7) is 2.12. The molecule has 0 radical (unpaired) electrons. The predicted molar refractivity (Wildman–Crippen MR) is 49.6 cm³/mol. The molecule has 2 N–H and O–H groups in total. The highest BCUT2D eigenvalue weighted by atomic mass is 15.5. The van der Waals surface area contributed by atoms with Crippen molar-refractivity contribution in [3.05, 3.63) is 23.4 Å². The lowest BCUT2D eigenvalue weighted by Crippen LogP contribution is -2.36. The number of likely N-dealkylation sites (N-methyl/N-ethyl adjacent to an activating group) is 1. The average Bonchev–Trinajstić information content (AvgIpc) is 2.42. The first kappa shape index (κ1) is 7.40. The number of rotatable bonds is 0. The number of fused-ring (bicyclic) bond motifs is 1. The summed E-state index contributed by atoms with van der Waals surface area (Å²) in [6, 6.07) is 0.259. The number of allylic oxidation sites excluding steroid dienone is 2. The van der Waals surface area contributed by atoms with Gasteiger partial charge in [0, 0.05) is 24.9 Å². The molecule has 0 aromatic carbocycles. The van der Waals surface area contributed by atoms with E-state index >= 15 is 0 Å². The van der Waals surface area contributed by atoms with Crippen LogP contribution in [0.1, 0.15) is 6.92 Å². The van der Waals surface area contributed by atoms with Gasteiger partial charge in [0.05, 0.1) is 6.04 Å². The second-order valence-corrected chi connectivity index (χ2v) is 3.39. The molecule has 0 saturated heterocycles. The number of hydrogen-bond donors (Lipinski definition) is 1. The zero-order valence-electron chi connectivity index (χ0n) is 7.36. The van der Waals surface area contributed by atoms with Gasteiger partial charge in [-0.15, -0.1) is 0 Å². The quantitative estimate of drug-likeness (QED) is 0.571. The van der Waals surface area contributed by atoms with Crippen molar-refractivity contribution in [1.29, 1.82) is 0 Å². The first-order valence-electron chi connectivity index (χ1n) is 4.11. The van der Waals surface area contributed by atoms with Gasteiger partial charge in [0.25, 0.3) is 0 Å². The molecule has 0 saturated carbocycles. The maximum Gasteiger partial charge on any atom is 0.0974 e. The molecular formula is C9H13N3. The van der Waals surface area contributed by atoms with E-state index in [-0.39, 0.29) is 6.04 Å². The zero-order chi connectivity index (χ0) is 8.72. The van der Waals surface area contributed by atoms with Crippen LogP contribution in [0.2, 0.25) is 0 Å². The third kappa shape index (κ3) is 0.858. The summed E-state index contributed by atoms with van der Waals surface area (Å²) in [5.74, 6) is 0.389. The molecule has 2 rings (SSSR count). The molecule has 2 unspecified atom stereocenters. The van der Waals surface area contributed by atoms with Crippen LogP contribution in [0.5, 0.6) is 0 Å². The van der Waals surface area contributed by atoms with E-state index in [0.717, 1.165) is 5.70 Å². The SMILES string of the molecule is CC1=CC=C(N)C2C1C=NN2C. The van der Waals surface area contributed by atoms with Crippen molar-refractivity contribution in [2.75, 3.05) is 7.05 Å². The van der Waals surface area contributed by atoms with Crippen molar-refractivity contribution in [2.45, 2.75) is 13.0 Å². The maximum atomic E-state index is 5.87. The Morgan fingerprint density at radius 2 is 2.25 bits per heavy atom. The van der Waals surface area contributed by atoms with Crippen molar-refractivity contribution in [2.24, 2.45) is 16.8 Å². The normalized spacial score (nSPS) is 33.0. The smallest absolute Gasteiger partial charge is 0.0974 e. The summed E-state index contributed by atoms with van der Waals surface area (Å²) in [7, 11) is 1.96. The highest BCUT2D eigenvalue weighted by Gasteiger charge is 2.33. The van der Waals surface area contributed by atoms with E-state index in [2.05, 4.69) is 18.1 Å². The summed E-state index contributed by atoms with van der Waals surface area (Å²) in [4.78, 5) is 0. The summed E-state index contributed by atoms with van der Waals surface area (Å²) in [6.07, 6.45) is 6.01. The minimum Gasteiger partial charge on any atom is -0.400 e. The minimum atomic E-state index is 0.259. The minimum absolute atomic E-state index is 0.259. The maximum absolute atomic E-state index is 5.87. The fourth-order valence-corrected chi connectivity index (χ4v) is 1.79. The van der Waals surface area contributed by atoms with Crippen LogP contribution < -0.4 is 5.73 Å². The van der Waals surface area contributed by atoms with Crippen molar-refractivity contribution >= 4 is 6.21 Å². The lowest BCUT2D eigenvalue weighted by Gasteiger charge is -2.27. The monoisotopic (exact) mass is 163 g/mol. The van der Waals surface area contributed by atoms with Gasteiger partial charge in [0.15, 0.2) is 0 Å². The number of nitrogens with zero attached hydrogens (tertiary/aromatic N) is 2. The van der Waals surface area contributed by atoms with Crippen LogP contribution in [0.3, 0.4) is 0 Å². The molecule has 1 aliphatic heterocycles. The topological polar surface area (TPSA) is 41.6 Å². The van der Waals surface area contributed by atoms with Gasteiger partial charge in [0.2, 0.25) is 0 Å². The lowest BCUT2D eigenvalue weighted by atomic mass is 9.88. The Bertz CT molecular complexity index is 288. The molecule has 0 spiro atoms. The molecule has 64 valence electrons. The molecule has 12 heavy (non-hydrogen) atoms. The van der Waals surface area contributed by atoms with E-state index in [9.17, 15) is 0 Å². The van der Waals surface area contributed by atoms with Gasteiger partial charge in [-0.05, 0) is 13.0 Å². The lowest BCUT2D eigenvalue weighted by molar-refractivity contribution is 0.288. The van der Waals surface area contributed by atoms with Crippen LogP contribution in [-0.4, -0.2) is 24.3 Å². The summed E-state index contributed by atoms with van der Waals surface area (Å²) >= 11 is 0. The van der Waals surface area contributed by atoms with Crippen LogP contribution >= 0.6 is 0 Å². The van der Waals surface area contributed by atoms with Crippen molar-refractivity contribution < 1.29 is 0 Å². The number of hydrogen-bond acceptors (Lipinski definition) is 3. The third-order valence-corrected chi connectivity index (χ3v) is 2.56. The van der Waals surface area contributed by atoms with Gasteiger partial charge in [-0.25, -0.2) is 0 Å². The molecule has 1 heterocycles. The van der Waals surface area contributed by atoms with Gasteiger partial charge in [-0.3, -0.25) is 5.01 Å². The van der Waals surface area contributed by atoms with Gasteiger partial charge >= 0.3 is 0 Å². The van der Waals surface area contributed by atoms with Crippen LogP contribution in [-0.2, 0) is 0 Å². The zero-order valence-corrected chi connectivity index (χ0v) is 7.36. The Kier molecular flexibility index (Phi) is 1.46. The largest absolute Gasteiger partial charge is 0.400 e. The molecule has 0 amide bonds. The number of hydrazone groups is 1. The van der Waals surface area contributed by atoms with Crippen LogP contribution in [0.25, 0.3) is 0 Å². The Morgan fingerprint density at radius 3 is 2.92 bits per heavy atom. The van der Waals surface area contributed by atoms with Crippen LogP contribution in [0, 0.1) is 5.92 Å².